The Morgan fingerprint density at radius 2 is 1.69 bits per heavy atom. The Morgan fingerprint density at radius 1 is 1.06 bits per heavy atom. The third-order valence-corrected chi connectivity index (χ3v) is 5.26. The van der Waals surface area contributed by atoms with Crippen molar-refractivity contribution in [2.45, 2.75) is 19.4 Å². The molecule has 164 valence electrons. The number of aromatic nitrogens is 1. The van der Waals surface area contributed by atoms with Crippen LogP contribution in [0.5, 0.6) is 0 Å². The van der Waals surface area contributed by atoms with E-state index in [2.05, 4.69) is 5.32 Å². The first kappa shape index (κ1) is 22.5. The monoisotopic (exact) mass is 432 g/mol. The quantitative estimate of drug-likeness (QED) is 0.187. The Morgan fingerprint density at radius 3 is 2.28 bits per heavy atom. The highest BCUT2D eigenvalue weighted by Gasteiger charge is 2.27. The zero-order valence-electron chi connectivity index (χ0n) is 17.5. The van der Waals surface area contributed by atoms with E-state index in [1.165, 1.54) is 12.4 Å². The van der Waals surface area contributed by atoms with Gasteiger partial charge >= 0.3 is 5.97 Å². The Balaban J connectivity index is 1.69. The third-order valence-electron chi connectivity index (χ3n) is 5.26. The lowest BCUT2D eigenvalue weighted by molar-refractivity contribution is -0.605. The van der Waals surface area contributed by atoms with Crippen LogP contribution in [0.2, 0.25) is 0 Å². The maximum Gasteiger partial charge on any atom is 0.308 e. The summed E-state index contributed by atoms with van der Waals surface area (Å²) in [4.78, 5) is 24.5. The summed E-state index contributed by atoms with van der Waals surface area (Å²) >= 11 is 0. The van der Waals surface area contributed by atoms with Crippen LogP contribution in [0.25, 0.3) is 11.1 Å². The second-order valence-electron chi connectivity index (χ2n) is 7.55. The van der Waals surface area contributed by atoms with Gasteiger partial charge in [0.05, 0.1) is 5.92 Å². The molecule has 0 saturated carbocycles. The van der Waals surface area contributed by atoms with Crippen LogP contribution in [0.3, 0.4) is 0 Å². The number of pyridine rings is 1. The van der Waals surface area contributed by atoms with E-state index in [4.69, 9.17) is 11.1 Å². The molecule has 1 unspecified atom stereocenters. The normalized spacial score (nSPS) is 12.5. The number of carboxylic acid groups (broad SMARTS) is 1. The van der Waals surface area contributed by atoms with Gasteiger partial charge in [0.1, 0.15) is 5.84 Å². The molecule has 32 heavy (non-hydrogen) atoms. The van der Waals surface area contributed by atoms with Crippen molar-refractivity contribution < 1.29 is 19.4 Å². The Bertz CT molecular complexity index is 1130. The molecule has 0 aliphatic carbocycles. The molecule has 1 amide bonds. The first-order valence-corrected chi connectivity index (χ1v) is 10.0. The molecule has 0 aliphatic heterocycles. The van der Waals surface area contributed by atoms with Crippen molar-refractivity contribution in [2.24, 2.45) is 11.7 Å². The van der Waals surface area contributed by atoms with Crippen molar-refractivity contribution in [1.29, 1.82) is 5.41 Å². The summed E-state index contributed by atoms with van der Waals surface area (Å²) in [6, 6.07) is 16.4. The predicted molar refractivity (Wildman–Crippen MR) is 120 cm³/mol. The SMILES string of the molecule is CC(NC(=O)c1ccc(-c2cc[n+]([O-])cc2)cc1)[C@@H](Cc1cccc(C(=N)N)c1)C(=O)O. The lowest BCUT2D eigenvalue weighted by Gasteiger charge is -2.22. The topological polar surface area (TPSA) is 143 Å². The van der Waals surface area contributed by atoms with Crippen molar-refractivity contribution in [3.63, 3.8) is 0 Å². The highest BCUT2D eigenvalue weighted by atomic mass is 16.5. The number of rotatable bonds is 8. The summed E-state index contributed by atoms with van der Waals surface area (Å²) < 4.78 is 0.696. The Labute approximate surface area is 185 Å². The van der Waals surface area contributed by atoms with Crippen LogP contribution in [0.4, 0.5) is 0 Å². The molecule has 0 aliphatic rings. The molecule has 3 rings (SSSR count). The highest BCUT2D eigenvalue weighted by molar-refractivity contribution is 5.95. The lowest BCUT2D eigenvalue weighted by Crippen LogP contribution is -2.42. The molecule has 2 atom stereocenters. The van der Waals surface area contributed by atoms with E-state index >= 15 is 0 Å². The minimum absolute atomic E-state index is 0.0914. The summed E-state index contributed by atoms with van der Waals surface area (Å²) in [5.41, 5.74) is 8.85. The second-order valence-corrected chi connectivity index (χ2v) is 7.55. The van der Waals surface area contributed by atoms with Crippen LogP contribution >= 0.6 is 0 Å². The van der Waals surface area contributed by atoms with Crippen LogP contribution < -0.4 is 15.8 Å². The molecule has 0 saturated heterocycles. The van der Waals surface area contributed by atoms with Crippen molar-refractivity contribution in [3.05, 3.63) is 95.0 Å². The van der Waals surface area contributed by atoms with Crippen LogP contribution in [-0.2, 0) is 11.2 Å². The maximum atomic E-state index is 12.7. The molecule has 0 radical (unpaired) electrons. The van der Waals surface area contributed by atoms with Crippen molar-refractivity contribution in [2.75, 3.05) is 0 Å². The van der Waals surface area contributed by atoms with E-state index in [1.54, 1.807) is 67.6 Å². The van der Waals surface area contributed by atoms with Gasteiger partial charge in [-0.25, -0.2) is 0 Å². The largest absolute Gasteiger partial charge is 0.619 e. The fraction of sp³-hybridized carbons (Fsp3) is 0.167. The molecule has 1 heterocycles. The van der Waals surface area contributed by atoms with E-state index in [0.29, 0.717) is 15.9 Å². The fourth-order valence-electron chi connectivity index (χ4n) is 3.41. The molecule has 2 aromatic carbocycles. The van der Waals surface area contributed by atoms with E-state index in [-0.39, 0.29) is 18.2 Å². The number of benzene rings is 2. The summed E-state index contributed by atoms with van der Waals surface area (Å²) in [5, 5.41) is 31.2. The Kier molecular flexibility index (Phi) is 6.84. The molecular formula is C24H24N4O4. The van der Waals surface area contributed by atoms with Gasteiger partial charge < -0.3 is 21.4 Å². The molecule has 8 nitrogen and oxygen atoms in total. The van der Waals surface area contributed by atoms with Crippen LogP contribution in [-0.4, -0.2) is 28.9 Å². The van der Waals surface area contributed by atoms with Gasteiger partial charge in [-0.3, -0.25) is 15.0 Å². The first-order chi connectivity index (χ1) is 15.2. The molecule has 5 N–H and O–H groups in total. The number of amidine groups is 1. The summed E-state index contributed by atoms with van der Waals surface area (Å²) in [6.45, 7) is 1.65. The van der Waals surface area contributed by atoms with Gasteiger partial charge in [0.25, 0.3) is 5.91 Å². The molecule has 3 aromatic rings. The zero-order valence-corrected chi connectivity index (χ0v) is 17.5. The standard InChI is InChI=1S/C24H24N4O4/c1-15(21(24(30)31)14-16-3-2-4-20(13-16)22(25)26)27-23(29)19-7-5-17(6-8-19)18-9-11-28(32)12-10-18/h2-13,15,21H,14H2,1H3,(H3,25,26)(H,27,29)(H,30,31)/t15?,21-/m1/s1. The van der Waals surface area contributed by atoms with E-state index < -0.39 is 17.9 Å². The average molecular weight is 432 g/mol. The highest BCUT2D eigenvalue weighted by Crippen LogP contribution is 2.19. The number of hydrogen-bond acceptors (Lipinski definition) is 4. The number of nitrogens with zero attached hydrogens (tertiary/aromatic N) is 1. The number of carbonyl (C=O) groups is 2. The number of nitrogen functional groups attached to an aromatic ring is 1. The molecule has 1 aromatic heterocycles. The van der Waals surface area contributed by atoms with Gasteiger partial charge in [0.2, 0.25) is 0 Å². The molecule has 0 bridgehead atoms. The number of nitrogens with one attached hydrogen (secondary N) is 2. The van der Waals surface area contributed by atoms with E-state index in [9.17, 15) is 19.9 Å². The molecular weight excluding hydrogens is 408 g/mol. The lowest BCUT2D eigenvalue weighted by atomic mass is 9.92. The second kappa shape index (κ2) is 9.74. The first-order valence-electron chi connectivity index (χ1n) is 10.0. The number of amides is 1. The summed E-state index contributed by atoms with van der Waals surface area (Å²) in [6.07, 6.45) is 2.98. The molecule has 8 heteroatoms. The molecule has 0 fully saturated rings. The number of hydrogen-bond donors (Lipinski definition) is 4. The van der Waals surface area contributed by atoms with Crippen molar-refractivity contribution in [3.8, 4) is 11.1 Å². The summed E-state index contributed by atoms with van der Waals surface area (Å²) in [7, 11) is 0. The van der Waals surface area contributed by atoms with Gasteiger partial charge in [0.15, 0.2) is 12.4 Å². The summed E-state index contributed by atoms with van der Waals surface area (Å²) in [5.74, 6) is -2.35. The predicted octanol–water partition coefficient (Wildman–Crippen LogP) is 2.33. The fourth-order valence-corrected chi connectivity index (χ4v) is 3.41. The minimum atomic E-state index is -1.03. The van der Waals surface area contributed by atoms with Crippen molar-refractivity contribution >= 4 is 17.7 Å². The minimum Gasteiger partial charge on any atom is -0.619 e. The van der Waals surface area contributed by atoms with Gasteiger partial charge in [-0.05, 0) is 48.2 Å². The van der Waals surface area contributed by atoms with Gasteiger partial charge in [0, 0.05) is 29.3 Å². The number of carbonyl (C=O) groups excluding carboxylic acids is 1. The van der Waals surface area contributed by atoms with Gasteiger partial charge in [-0.1, -0.05) is 30.3 Å². The van der Waals surface area contributed by atoms with E-state index in [0.717, 1.165) is 16.7 Å². The smallest absolute Gasteiger partial charge is 0.308 e. The van der Waals surface area contributed by atoms with Crippen LogP contribution in [0, 0.1) is 16.5 Å². The third kappa shape index (κ3) is 5.48. The van der Waals surface area contributed by atoms with Crippen LogP contribution in [0.15, 0.2) is 73.1 Å². The number of nitrogens with two attached hydrogens (primary N) is 1. The van der Waals surface area contributed by atoms with Crippen LogP contribution in [0.1, 0.15) is 28.4 Å². The Hall–Kier alpha value is -4.20. The number of carboxylic acids is 1. The van der Waals surface area contributed by atoms with E-state index in [1.807, 2.05) is 0 Å². The van der Waals surface area contributed by atoms with Gasteiger partial charge in [-0.2, -0.15) is 4.73 Å². The average Bonchev–Trinajstić information content (AvgIpc) is 2.78. The zero-order chi connectivity index (χ0) is 23.3. The molecule has 0 spiro atoms. The maximum absolute atomic E-state index is 12.7. The van der Waals surface area contributed by atoms with Crippen molar-refractivity contribution in [1.82, 2.24) is 5.32 Å². The number of aliphatic carboxylic acids is 1. The van der Waals surface area contributed by atoms with Gasteiger partial charge in [-0.15, -0.1) is 0 Å².